The molecule has 0 saturated carbocycles. The van der Waals surface area contributed by atoms with Crippen LogP contribution in [0.4, 0.5) is 0 Å². The van der Waals surface area contributed by atoms with E-state index in [2.05, 4.69) is 4.74 Å². The van der Waals surface area contributed by atoms with Crippen molar-refractivity contribution in [1.82, 2.24) is 4.31 Å². The second kappa shape index (κ2) is 7.76. The number of sulfonamides is 1. The number of methoxy groups -OCH3 is 1. The minimum Gasteiger partial charge on any atom is -0.469 e. The molecule has 0 N–H and O–H groups in total. The number of esters is 1. The van der Waals surface area contributed by atoms with Gasteiger partial charge in [-0.2, -0.15) is 5.26 Å². The van der Waals surface area contributed by atoms with Gasteiger partial charge in [0, 0.05) is 13.1 Å². The zero-order chi connectivity index (χ0) is 15.9. The van der Waals surface area contributed by atoms with Crippen molar-refractivity contribution in [3.8, 4) is 6.07 Å². The summed E-state index contributed by atoms with van der Waals surface area (Å²) in [6.07, 6.45) is 0.0247. The normalized spacial score (nSPS) is 11.1. The molecule has 6 nitrogen and oxygen atoms in total. The van der Waals surface area contributed by atoms with Gasteiger partial charge in [0.2, 0.25) is 10.0 Å². The summed E-state index contributed by atoms with van der Waals surface area (Å²) in [5.74, 6) is -0.602. The van der Waals surface area contributed by atoms with E-state index in [0.717, 1.165) is 0 Å². The molecule has 1 rings (SSSR count). The fourth-order valence-electron chi connectivity index (χ4n) is 1.79. The van der Waals surface area contributed by atoms with Gasteiger partial charge in [0.25, 0.3) is 0 Å². The molecule has 1 aromatic carbocycles. The van der Waals surface area contributed by atoms with Crippen LogP contribution in [0.1, 0.15) is 24.5 Å². The highest BCUT2D eigenvalue weighted by Gasteiger charge is 2.21. The van der Waals surface area contributed by atoms with Crippen LogP contribution in [0.3, 0.4) is 0 Å². The van der Waals surface area contributed by atoms with E-state index in [0.29, 0.717) is 11.1 Å². The molecule has 0 atom stereocenters. The van der Waals surface area contributed by atoms with Gasteiger partial charge in [-0.05, 0) is 17.7 Å². The van der Waals surface area contributed by atoms with Crippen molar-refractivity contribution in [2.75, 3.05) is 20.2 Å². The minimum atomic E-state index is -3.51. The molecule has 0 heterocycles. The van der Waals surface area contributed by atoms with Gasteiger partial charge in [0.05, 0.1) is 30.9 Å². The second-order valence-electron chi connectivity index (χ2n) is 4.38. The van der Waals surface area contributed by atoms with Gasteiger partial charge in [-0.25, -0.2) is 12.7 Å². The average Bonchev–Trinajstić information content (AvgIpc) is 2.47. The second-order valence-corrected chi connectivity index (χ2v) is 6.35. The Balaban J connectivity index is 2.77. The molecule has 7 heteroatoms. The van der Waals surface area contributed by atoms with E-state index >= 15 is 0 Å². The molecule has 0 spiro atoms. The number of rotatable bonds is 7. The van der Waals surface area contributed by atoms with Crippen LogP contribution in [0.25, 0.3) is 0 Å². The number of benzene rings is 1. The maximum Gasteiger partial charge on any atom is 0.306 e. The summed E-state index contributed by atoms with van der Waals surface area (Å²) in [7, 11) is -2.24. The lowest BCUT2D eigenvalue weighted by molar-refractivity contribution is -0.140. The maximum absolute atomic E-state index is 12.3. The van der Waals surface area contributed by atoms with E-state index in [1.165, 1.54) is 11.4 Å². The number of nitriles is 1. The van der Waals surface area contributed by atoms with Gasteiger partial charge in [-0.15, -0.1) is 0 Å². The van der Waals surface area contributed by atoms with Gasteiger partial charge >= 0.3 is 5.97 Å². The van der Waals surface area contributed by atoms with Crippen LogP contribution in [0.15, 0.2) is 24.3 Å². The molecule has 0 saturated heterocycles. The van der Waals surface area contributed by atoms with Crippen LogP contribution < -0.4 is 0 Å². The number of carbonyl (C=O) groups excluding carboxylic acids is 1. The van der Waals surface area contributed by atoms with E-state index in [4.69, 9.17) is 5.26 Å². The predicted octanol–water partition coefficient (Wildman–Crippen LogP) is 1.27. The molecule has 0 bridgehead atoms. The lowest BCUT2D eigenvalue weighted by Crippen LogP contribution is -2.34. The number of hydrogen-bond donors (Lipinski definition) is 0. The lowest BCUT2D eigenvalue weighted by atomic mass is 10.2. The summed E-state index contributed by atoms with van der Waals surface area (Å²) in [6, 6.07) is 8.37. The third-order valence-corrected chi connectivity index (χ3v) is 4.90. The Kier molecular flexibility index (Phi) is 6.34. The van der Waals surface area contributed by atoms with Gasteiger partial charge in [0.1, 0.15) is 0 Å². The molecule has 0 fully saturated rings. The van der Waals surface area contributed by atoms with Crippen molar-refractivity contribution in [2.45, 2.75) is 19.1 Å². The molecule has 0 aliphatic rings. The summed E-state index contributed by atoms with van der Waals surface area (Å²) in [5, 5.41) is 8.71. The van der Waals surface area contributed by atoms with Crippen molar-refractivity contribution >= 4 is 16.0 Å². The zero-order valence-electron chi connectivity index (χ0n) is 12.1. The Hall–Kier alpha value is -1.91. The number of hydrogen-bond acceptors (Lipinski definition) is 5. The summed E-state index contributed by atoms with van der Waals surface area (Å²) in [4.78, 5) is 11.1. The standard InChI is InChI=1S/C14H18N2O4S/c1-3-16(9-8-14(17)20-2)21(18,19)11-13-6-4-12(10-15)5-7-13/h4-7H,3,8-9,11H2,1-2H3. The molecular formula is C14H18N2O4S. The van der Waals surface area contributed by atoms with Crippen LogP contribution in [-0.2, 0) is 25.3 Å². The van der Waals surface area contributed by atoms with Crippen LogP contribution in [-0.4, -0.2) is 38.9 Å². The topological polar surface area (TPSA) is 87.5 Å². The van der Waals surface area contributed by atoms with E-state index in [1.807, 2.05) is 6.07 Å². The Bertz CT molecular complexity index is 617. The first-order chi connectivity index (χ1) is 9.92. The molecule has 0 unspecified atom stereocenters. The zero-order valence-corrected chi connectivity index (χ0v) is 12.9. The van der Waals surface area contributed by atoms with Crippen molar-refractivity contribution in [1.29, 1.82) is 5.26 Å². The Morgan fingerprint density at radius 1 is 1.33 bits per heavy atom. The highest BCUT2D eigenvalue weighted by molar-refractivity contribution is 7.88. The maximum atomic E-state index is 12.3. The summed E-state index contributed by atoms with van der Waals surface area (Å²) in [5.41, 5.74) is 1.08. The number of nitrogens with zero attached hydrogens (tertiary/aromatic N) is 2. The number of carbonyl (C=O) groups is 1. The van der Waals surface area contributed by atoms with Crippen LogP contribution in [0, 0.1) is 11.3 Å². The van der Waals surface area contributed by atoms with Crippen LogP contribution >= 0.6 is 0 Å². The molecule has 1 aromatic rings. The number of ether oxygens (including phenoxy) is 1. The van der Waals surface area contributed by atoms with Crippen molar-refractivity contribution in [2.24, 2.45) is 0 Å². The molecule has 0 aliphatic carbocycles. The third-order valence-electron chi connectivity index (χ3n) is 2.97. The van der Waals surface area contributed by atoms with Gasteiger partial charge in [-0.1, -0.05) is 19.1 Å². The molecule has 114 valence electrons. The highest BCUT2D eigenvalue weighted by Crippen LogP contribution is 2.12. The van der Waals surface area contributed by atoms with Crippen LogP contribution in [0.5, 0.6) is 0 Å². The van der Waals surface area contributed by atoms with Gasteiger partial charge in [-0.3, -0.25) is 4.79 Å². The Labute approximate surface area is 125 Å². The molecule has 0 amide bonds. The molecular weight excluding hydrogens is 292 g/mol. The van der Waals surface area contributed by atoms with Crippen molar-refractivity contribution < 1.29 is 17.9 Å². The first kappa shape index (κ1) is 17.1. The van der Waals surface area contributed by atoms with Crippen LogP contribution in [0.2, 0.25) is 0 Å². The molecule has 0 aromatic heterocycles. The summed E-state index contributed by atoms with van der Waals surface area (Å²) >= 11 is 0. The minimum absolute atomic E-state index is 0.0247. The summed E-state index contributed by atoms with van der Waals surface area (Å²) in [6.45, 7) is 2.10. The lowest BCUT2D eigenvalue weighted by Gasteiger charge is -2.19. The van der Waals surface area contributed by atoms with Crippen molar-refractivity contribution in [3.05, 3.63) is 35.4 Å². The average molecular weight is 310 g/mol. The molecule has 0 radical (unpaired) electrons. The van der Waals surface area contributed by atoms with E-state index in [1.54, 1.807) is 31.2 Å². The van der Waals surface area contributed by atoms with Gasteiger partial charge < -0.3 is 4.74 Å². The Morgan fingerprint density at radius 3 is 2.43 bits per heavy atom. The molecule has 21 heavy (non-hydrogen) atoms. The van der Waals surface area contributed by atoms with E-state index in [-0.39, 0.29) is 25.3 Å². The fraction of sp³-hybridized carbons (Fsp3) is 0.429. The van der Waals surface area contributed by atoms with E-state index < -0.39 is 16.0 Å². The SMILES string of the molecule is CCN(CCC(=O)OC)S(=O)(=O)Cc1ccc(C#N)cc1. The Morgan fingerprint density at radius 2 is 1.95 bits per heavy atom. The first-order valence-corrected chi connectivity index (χ1v) is 8.07. The quantitative estimate of drug-likeness (QED) is 0.708. The highest BCUT2D eigenvalue weighted by atomic mass is 32.2. The largest absolute Gasteiger partial charge is 0.469 e. The smallest absolute Gasteiger partial charge is 0.306 e. The van der Waals surface area contributed by atoms with Crippen molar-refractivity contribution in [3.63, 3.8) is 0 Å². The first-order valence-electron chi connectivity index (χ1n) is 6.46. The molecule has 0 aliphatic heterocycles. The monoisotopic (exact) mass is 310 g/mol. The predicted molar refractivity (Wildman–Crippen MR) is 77.7 cm³/mol. The fourth-order valence-corrected chi connectivity index (χ4v) is 3.35. The van der Waals surface area contributed by atoms with Gasteiger partial charge in [0.15, 0.2) is 0 Å². The van der Waals surface area contributed by atoms with E-state index in [9.17, 15) is 13.2 Å². The summed E-state index contributed by atoms with van der Waals surface area (Å²) < 4.78 is 30.4. The third kappa shape index (κ3) is 5.17.